The number of carboxylic acids is 1. The molecule has 4 N–H and O–H groups in total. The maximum atomic E-state index is 11.8. The lowest BCUT2D eigenvalue weighted by molar-refractivity contribution is -0.117. The van der Waals surface area contributed by atoms with E-state index in [1.54, 1.807) is 18.2 Å². The number of carbonyl (C=O) groups excluding carboxylic acids is 1. The van der Waals surface area contributed by atoms with Crippen LogP contribution in [0.4, 0.5) is 11.4 Å². The number of hydrogen-bond acceptors (Lipinski definition) is 4. The largest absolute Gasteiger partial charge is 0.477 e. The van der Waals surface area contributed by atoms with Crippen molar-refractivity contribution in [3.05, 3.63) is 23.1 Å². The minimum atomic E-state index is -1.04. The summed E-state index contributed by atoms with van der Waals surface area (Å²) in [7, 11) is 0. The molecule has 6 heteroatoms. The summed E-state index contributed by atoms with van der Waals surface area (Å²) in [6.07, 6.45) is 1.75. The van der Waals surface area contributed by atoms with Gasteiger partial charge >= 0.3 is 5.97 Å². The molecule has 5 nitrogen and oxygen atoms in total. The van der Waals surface area contributed by atoms with Crippen molar-refractivity contribution in [3.63, 3.8) is 0 Å². The van der Waals surface area contributed by atoms with Gasteiger partial charge in [-0.05, 0) is 31.0 Å². The first-order chi connectivity index (χ1) is 9.06. The normalized spacial score (nSPS) is 14.5. The molecule has 98 valence electrons. The maximum absolute atomic E-state index is 11.8. The van der Waals surface area contributed by atoms with Gasteiger partial charge in [-0.15, -0.1) is 11.3 Å². The molecule has 0 radical (unpaired) electrons. The lowest BCUT2D eigenvalue weighted by atomic mass is 10.2. The molecule has 3 rings (SSSR count). The van der Waals surface area contributed by atoms with Crippen LogP contribution in [-0.4, -0.2) is 17.0 Å². The second kappa shape index (κ2) is 4.24. The van der Waals surface area contributed by atoms with E-state index in [1.807, 2.05) is 0 Å². The summed E-state index contributed by atoms with van der Waals surface area (Å²) in [4.78, 5) is 23.3. The average Bonchev–Trinajstić information content (AvgIpc) is 3.14. The Bertz CT molecular complexity index is 688. The quantitative estimate of drug-likeness (QED) is 0.751. The van der Waals surface area contributed by atoms with E-state index in [1.165, 1.54) is 0 Å². The number of hydrogen-bond donors (Lipinski definition) is 3. The number of benzene rings is 1. The van der Waals surface area contributed by atoms with Gasteiger partial charge in [0.05, 0.1) is 5.69 Å². The van der Waals surface area contributed by atoms with E-state index < -0.39 is 5.97 Å². The topological polar surface area (TPSA) is 92.4 Å². The summed E-state index contributed by atoms with van der Waals surface area (Å²) in [6, 6.07) is 5.19. The number of anilines is 2. The van der Waals surface area contributed by atoms with E-state index in [0.29, 0.717) is 16.8 Å². The number of nitrogens with one attached hydrogen (secondary N) is 1. The van der Waals surface area contributed by atoms with Crippen LogP contribution in [-0.2, 0) is 4.79 Å². The van der Waals surface area contributed by atoms with Crippen LogP contribution in [0.3, 0.4) is 0 Å². The summed E-state index contributed by atoms with van der Waals surface area (Å²) in [6.45, 7) is 0. The van der Waals surface area contributed by atoms with Gasteiger partial charge in [-0.1, -0.05) is 0 Å². The van der Waals surface area contributed by atoms with E-state index in [9.17, 15) is 14.7 Å². The second-order valence-corrected chi connectivity index (χ2v) is 5.68. The smallest absolute Gasteiger partial charge is 0.348 e. The number of thiophene rings is 1. The molecule has 2 aromatic rings. The summed E-state index contributed by atoms with van der Waals surface area (Å²) in [5, 5.41) is 12.7. The molecule has 1 saturated carbocycles. The van der Waals surface area contributed by atoms with Crippen LogP contribution in [0.15, 0.2) is 18.2 Å². The third-order valence-corrected chi connectivity index (χ3v) is 4.26. The van der Waals surface area contributed by atoms with Gasteiger partial charge in [0.2, 0.25) is 5.91 Å². The number of amides is 1. The van der Waals surface area contributed by atoms with Gasteiger partial charge in [0.1, 0.15) is 4.88 Å². The van der Waals surface area contributed by atoms with Crippen molar-refractivity contribution >= 4 is 44.7 Å². The fourth-order valence-electron chi connectivity index (χ4n) is 1.96. The molecule has 1 fully saturated rings. The first-order valence-electron chi connectivity index (χ1n) is 5.92. The molecule has 1 aromatic heterocycles. The first kappa shape index (κ1) is 12.0. The molecule has 0 saturated heterocycles. The Labute approximate surface area is 113 Å². The highest BCUT2D eigenvalue weighted by Gasteiger charge is 2.31. The van der Waals surface area contributed by atoms with Gasteiger partial charge in [0.25, 0.3) is 0 Å². The number of nitrogen functional groups attached to an aromatic ring is 1. The van der Waals surface area contributed by atoms with E-state index in [0.717, 1.165) is 28.9 Å². The molecule has 0 spiro atoms. The zero-order valence-corrected chi connectivity index (χ0v) is 10.8. The van der Waals surface area contributed by atoms with Gasteiger partial charge in [-0.2, -0.15) is 0 Å². The molecule has 0 bridgehead atoms. The summed E-state index contributed by atoms with van der Waals surface area (Å²) in [5.41, 5.74) is 6.64. The monoisotopic (exact) mass is 276 g/mol. The lowest BCUT2D eigenvalue weighted by Crippen LogP contribution is -2.15. The standard InChI is InChI=1S/C13H12N2O3S/c14-7-3-4-9-8(5-7)10(11(19-9)13(17)18)15-12(16)6-1-2-6/h3-6H,1-2,14H2,(H,15,16)(H,17,18). The van der Waals surface area contributed by atoms with Crippen LogP contribution in [0.2, 0.25) is 0 Å². The van der Waals surface area contributed by atoms with Gasteiger partial charge in [0, 0.05) is 21.7 Å². The Morgan fingerprint density at radius 2 is 2.11 bits per heavy atom. The zero-order chi connectivity index (χ0) is 13.6. The Morgan fingerprint density at radius 3 is 2.74 bits per heavy atom. The van der Waals surface area contributed by atoms with Crippen LogP contribution >= 0.6 is 11.3 Å². The molecule has 1 heterocycles. The molecule has 1 aromatic carbocycles. The fraction of sp³-hybridized carbons (Fsp3) is 0.231. The minimum absolute atomic E-state index is 0.0256. The number of fused-ring (bicyclic) bond motifs is 1. The third kappa shape index (κ3) is 2.15. The summed E-state index contributed by atoms with van der Waals surface area (Å²) >= 11 is 1.14. The number of carboxylic acid groups (broad SMARTS) is 1. The molecular weight excluding hydrogens is 264 g/mol. The predicted octanol–water partition coefficient (Wildman–Crippen LogP) is 2.53. The van der Waals surface area contributed by atoms with Gasteiger partial charge < -0.3 is 16.2 Å². The van der Waals surface area contributed by atoms with Crippen molar-refractivity contribution in [1.82, 2.24) is 0 Å². The predicted molar refractivity (Wildman–Crippen MR) is 74.6 cm³/mol. The Balaban J connectivity index is 2.11. The molecule has 1 aliphatic rings. The average molecular weight is 276 g/mol. The van der Waals surface area contributed by atoms with Crippen molar-refractivity contribution in [2.45, 2.75) is 12.8 Å². The van der Waals surface area contributed by atoms with Gasteiger partial charge in [-0.3, -0.25) is 4.79 Å². The van der Waals surface area contributed by atoms with E-state index in [-0.39, 0.29) is 16.7 Å². The molecule has 1 amide bonds. The maximum Gasteiger partial charge on any atom is 0.348 e. The Hall–Kier alpha value is -2.08. The van der Waals surface area contributed by atoms with Crippen molar-refractivity contribution in [3.8, 4) is 0 Å². The van der Waals surface area contributed by atoms with E-state index in [2.05, 4.69) is 5.32 Å². The van der Waals surface area contributed by atoms with Crippen molar-refractivity contribution in [2.24, 2.45) is 5.92 Å². The minimum Gasteiger partial charge on any atom is -0.477 e. The Kier molecular flexibility index (Phi) is 2.67. The van der Waals surface area contributed by atoms with Crippen LogP contribution in [0, 0.1) is 5.92 Å². The fourth-order valence-corrected chi connectivity index (χ4v) is 2.94. The lowest BCUT2D eigenvalue weighted by Gasteiger charge is -2.04. The third-order valence-electron chi connectivity index (χ3n) is 3.10. The number of rotatable bonds is 3. The van der Waals surface area contributed by atoms with Crippen molar-refractivity contribution in [1.29, 1.82) is 0 Å². The van der Waals surface area contributed by atoms with E-state index in [4.69, 9.17) is 5.73 Å². The highest BCUT2D eigenvalue weighted by atomic mass is 32.1. The highest BCUT2D eigenvalue weighted by Crippen LogP contribution is 2.38. The van der Waals surface area contributed by atoms with Crippen LogP contribution in [0.5, 0.6) is 0 Å². The molecule has 0 atom stereocenters. The zero-order valence-electron chi connectivity index (χ0n) is 9.97. The number of aromatic carboxylic acids is 1. The molecule has 19 heavy (non-hydrogen) atoms. The van der Waals surface area contributed by atoms with Gasteiger partial charge in [-0.25, -0.2) is 4.79 Å². The number of carbonyl (C=O) groups is 2. The summed E-state index contributed by atoms with van der Waals surface area (Å²) < 4.78 is 0.803. The van der Waals surface area contributed by atoms with Crippen LogP contribution in [0.1, 0.15) is 22.5 Å². The van der Waals surface area contributed by atoms with E-state index >= 15 is 0 Å². The number of nitrogens with two attached hydrogens (primary N) is 1. The molecular formula is C13H12N2O3S. The van der Waals surface area contributed by atoms with Gasteiger partial charge in [0.15, 0.2) is 0 Å². The highest BCUT2D eigenvalue weighted by molar-refractivity contribution is 7.21. The second-order valence-electron chi connectivity index (χ2n) is 4.63. The van der Waals surface area contributed by atoms with Crippen LogP contribution < -0.4 is 11.1 Å². The molecule has 0 unspecified atom stereocenters. The van der Waals surface area contributed by atoms with Crippen molar-refractivity contribution < 1.29 is 14.7 Å². The molecule has 1 aliphatic carbocycles. The Morgan fingerprint density at radius 1 is 1.37 bits per heavy atom. The SMILES string of the molecule is Nc1ccc2sc(C(=O)O)c(NC(=O)C3CC3)c2c1. The first-order valence-corrected chi connectivity index (χ1v) is 6.74. The summed E-state index contributed by atoms with van der Waals surface area (Å²) in [5.74, 6) is -1.12. The van der Waals surface area contributed by atoms with Crippen LogP contribution in [0.25, 0.3) is 10.1 Å². The molecule has 0 aliphatic heterocycles. The van der Waals surface area contributed by atoms with Crippen molar-refractivity contribution in [2.75, 3.05) is 11.1 Å².